The summed E-state index contributed by atoms with van der Waals surface area (Å²) in [5.74, 6) is 0. The van der Waals surface area contributed by atoms with Crippen LogP contribution in [0.5, 0.6) is 0 Å². The van der Waals surface area contributed by atoms with Gasteiger partial charge in [0.1, 0.15) is 0 Å². The van der Waals surface area contributed by atoms with Crippen LogP contribution in [0.3, 0.4) is 0 Å². The number of hydrogen-bond acceptors (Lipinski definition) is 3. The highest BCUT2D eigenvalue weighted by Gasteiger charge is 1.97. The predicted octanol–water partition coefficient (Wildman–Crippen LogP) is 1.08. The molecule has 2 N–H and O–H groups in total. The van der Waals surface area contributed by atoms with E-state index in [0.29, 0.717) is 6.61 Å². The lowest BCUT2D eigenvalue weighted by Gasteiger charge is -2.15. The Hall–Kier alpha value is -0.120. The van der Waals surface area contributed by atoms with Crippen molar-refractivity contribution in [1.82, 2.24) is 10.2 Å². The molecule has 0 amide bonds. The Bertz CT molecular complexity index is 109. The van der Waals surface area contributed by atoms with Crippen LogP contribution in [-0.4, -0.2) is 50.3 Å². The lowest BCUT2D eigenvalue weighted by atomic mass is 10.2. The molecule has 0 aliphatic rings. The molecule has 0 aliphatic carbocycles. The van der Waals surface area contributed by atoms with Crippen molar-refractivity contribution in [2.75, 3.05) is 40.3 Å². The first-order valence-electron chi connectivity index (χ1n) is 5.75. The zero-order valence-corrected chi connectivity index (χ0v) is 9.76. The van der Waals surface area contributed by atoms with Crippen LogP contribution < -0.4 is 5.32 Å². The van der Waals surface area contributed by atoms with Crippen molar-refractivity contribution >= 4 is 0 Å². The van der Waals surface area contributed by atoms with E-state index in [4.69, 9.17) is 5.11 Å². The van der Waals surface area contributed by atoms with Crippen LogP contribution in [0.15, 0.2) is 0 Å². The molecule has 0 aromatic rings. The number of nitrogens with one attached hydrogen (secondary N) is 1. The lowest BCUT2D eigenvalue weighted by molar-refractivity contribution is 0.277. The van der Waals surface area contributed by atoms with Gasteiger partial charge in [-0.2, -0.15) is 0 Å². The zero-order valence-electron chi connectivity index (χ0n) is 9.76. The molecule has 0 aromatic carbocycles. The Kier molecular flexibility index (Phi) is 10.9. The Labute approximate surface area is 88.5 Å². The van der Waals surface area contributed by atoms with E-state index < -0.39 is 0 Å². The van der Waals surface area contributed by atoms with Crippen molar-refractivity contribution in [1.29, 1.82) is 0 Å². The topological polar surface area (TPSA) is 35.5 Å². The summed E-state index contributed by atoms with van der Waals surface area (Å²) in [6.45, 7) is 3.82. The molecule has 0 spiro atoms. The summed E-state index contributed by atoms with van der Waals surface area (Å²) in [4.78, 5) is 2.39. The van der Waals surface area contributed by atoms with Gasteiger partial charge in [0.05, 0.1) is 0 Å². The molecule has 14 heavy (non-hydrogen) atoms. The van der Waals surface area contributed by atoms with E-state index in [0.717, 1.165) is 13.0 Å². The average molecular weight is 202 g/mol. The van der Waals surface area contributed by atoms with Gasteiger partial charge in [-0.25, -0.2) is 0 Å². The Morgan fingerprint density at radius 2 is 1.64 bits per heavy atom. The molecule has 0 saturated heterocycles. The van der Waals surface area contributed by atoms with Gasteiger partial charge in [-0.3, -0.25) is 0 Å². The van der Waals surface area contributed by atoms with E-state index in [2.05, 4.69) is 17.3 Å². The zero-order chi connectivity index (χ0) is 10.6. The second-order valence-corrected chi connectivity index (χ2v) is 3.90. The first kappa shape index (κ1) is 13.9. The van der Waals surface area contributed by atoms with Crippen molar-refractivity contribution in [2.45, 2.75) is 32.1 Å². The van der Waals surface area contributed by atoms with Gasteiger partial charge in [-0.1, -0.05) is 12.8 Å². The van der Waals surface area contributed by atoms with Gasteiger partial charge in [-0.15, -0.1) is 0 Å². The standard InChI is InChI=1S/C11H26N2O/c1-12-8-7-10-13(2)9-5-3-4-6-11-14/h12,14H,3-11H2,1-2H3. The van der Waals surface area contributed by atoms with E-state index in [1.807, 2.05) is 7.05 Å². The number of aliphatic hydroxyl groups excluding tert-OH is 1. The van der Waals surface area contributed by atoms with Crippen molar-refractivity contribution in [3.05, 3.63) is 0 Å². The predicted molar refractivity (Wildman–Crippen MR) is 61.6 cm³/mol. The normalized spacial score (nSPS) is 11.1. The monoisotopic (exact) mass is 202 g/mol. The maximum atomic E-state index is 8.60. The maximum Gasteiger partial charge on any atom is 0.0431 e. The fourth-order valence-electron chi connectivity index (χ4n) is 1.48. The molecule has 0 fully saturated rings. The first-order chi connectivity index (χ1) is 6.81. The number of nitrogens with zero attached hydrogens (tertiary/aromatic N) is 1. The maximum absolute atomic E-state index is 8.60. The van der Waals surface area contributed by atoms with Crippen molar-refractivity contribution in [2.24, 2.45) is 0 Å². The van der Waals surface area contributed by atoms with E-state index in [9.17, 15) is 0 Å². The van der Waals surface area contributed by atoms with Gasteiger partial charge < -0.3 is 15.3 Å². The van der Waals surface area contributed by atoms with Crippen LogP contribution in [0.25, 0.3) is 0 Å². The first-order valence-corrected chi connectivity index (χ1v) is 5.75. The smallest absolute Gasteiger partial charge is 0.0431 e. The van der Waals surface area contributed by atoms with Crippen molar-refractivity contribution in [3.8, 4) is 0 Å². The summed E-state index contributed by atoms with van der Waals surface area (Å²) in [5.41, 5.74) is 0. The molecule has 86 valence electrons. The molecule has 0 radical (unpaired) electrons. The number of rotatable bonds is 10. The molecule has 0 atom stereocenters. The molecule has 0 saturated carbocycles. The van der Waals surface area contributed by atoms with Crippen LogP contribution in [0.1, 0.15) is 32.1 Å². The highest BCUT2D eigenvalue weighted by Crippen LogP contribution is 2.00. The Morgan fingerprint density at radius 3 is 2.29 bits per heavy atom. The molecular weight excluding hydrogens is 176 g/mol. The molecule has 0 aromatic heterocycles. The summed E-state index contributed by atoms with van der Waals surface area (Å²) in [7, 11) is 4.18. The fraction of sp³-hybridized carbons (Fsp3) is 1.00. The molecular formula is C11H26N2O. The third kappa shape index (κ3) is 9.96. The highest BCUT2D eigenvalue weighted by molar-refractivity contribution is 4.53. The van der Waals surface area contributed by atoms with Crippen LogP contribution in [-0.2, 0) is 0 Å². The number of aliphatic hydroxyl groups is 1. The molecule has 3 nitrogen and oxygen atoms in total. The summed E-state index contributed by atoms with van der Waals surface area (Å²) in [6.07, 6.45) is 5.86. The summed E-state index contributed by atoms with van der Waals surface area (Å²) in [5, 5.41) is 11.8. The Balaban J connectivity index is 3.06. The van der Waals surface area contributed by atoms with Gasteiger partial charge >= 0.3 is 0 Å². The molecule has 3 heteroatoms. The fourth-order valence-corrected chi connectivity index (χ4v) is 1.48. The van der Waals surface area contributed by atoms with E-state index >= 15 is 0 Å². The molecule has 0 bridgehead atoms. The minimum atomic E-state index is 0.345. The Morgan fingerprint density at radius 1 is 1.00 bits per heavy atom. The van der Waals surface area contributed by atoms with Gasteiger partial charge in [0.2, 0.25) is 0 Å². The van der Waals surface area contributed by atoms with Gasteiger partial charge in [0.25, 0.3) is 0 Å². The summed E-state index contributed by atoms with van der Waals surface area (Å²) >= 11 is 0. The summed E-state index contributed by atoms with van der Waals surface area (Å²) in [6, 6.07) is 0. The van der Waals surface area contributed by atoms with Gasteiger partial charge in [-0.05, 0) is 53.0 Å². The van der Waals surface area contributed by atoms with Crippen molar-refractivity contribution in [3.63, 3.8) is 0 Å². The second kappa shape index (κ2) is 11.0. The van der Waals surface area contributed by atoms with Crippen LogP contribution >= 0.6 is 0 Å². The highest BCUT2D eigenvalue weighted by atomic mass is 16.2. The van der Waals surface area contributed by atoms with Gasteiger partial charge in [0, 0.05) is 6.61 Å². The minimum absolute atomic E-state index is 0.345. The third-order valence-electron chi connectivity index (χ3n) is 2.41. The summed E-state index contributed by atoms with van der Waals surface area (Å²) < 4.78 is 0. The SMILES string of the molecule is CNCCCN(C)CCCCCCO. The van der Waals surface area contributed by atoms with Crippen LogP contribution in [0, 0.1) is 0 Å². The van der Waals surface area contributed by atoms with Crippen LogP contribution in [0.2, 0.25) is 0 Å². The van der Waals surface area contributed by atoms with Crippen LogP contribution in [0.4, 0.5) is 0 Å². The quantitative estimate of drug-likeness (QED) is 0.520. The van der Waals surface area contributed by atoms with E-state index in [-0.39, 0.29) is 0 Å². The minimum Gasteiger partial charge on any atom is -0.396 e. The second-order valence-electron chi connectivity index (χ2n) is 3.90. The van der Waals surface area contributed by atoms with Crippen molar-refractivity contribution < 1.29 is 5.11 Å². The number of unbranched alkanes of at least 4 members (excludes halogenated alkanes) is 3. The molecule has 0 aliphatic heterocycles. The lowest BCUT2D eigenvalue weighted by Crippen LogP contribution is -2.23. The third-order valence-corrected chi connectivity index (χ3v) is 2.41. The number of hydrogen-bond donors (Lipinski definition) is 2. The van der Waals surface area contributed by atoms with E-state index in [1.54, 1.807) is 0 Å². The average Bonchev–Trinajstić information content (AvgIpc) is 2.18. The molecule has 0 rings (SSSR count). The largest absolute Gasteiger partial charge is 0.396 e. The molecule has 0 unspecified atom stereocenters. The van der Waals surface area contributed by atoms with Gasteiger partial charge in [0.15, 0.2) is 0 Å². The molecule has 0 heterocycles. The van der Waals surface area contributed by atoms with E-state index in [1.165, 1.54) is 38.8 Å².